The summed E-state index contributed by atoms with van der Waals surface area (Å²) in [7, 11) is -1.81. The number of tetrazole rings is 1. The first-order valence-corrected chi connectivity index (χ1v) is 10.9. The van der Waals surface area contributed by atoms with Crippen LogP contribution in [0, 0.1) is 0 Å². The summed E-state index contributed by atoms with van der Waals surface area (Å²) in [5.74, 6) is 0.186. The summed E-state index contributed by atoms with van der Waals surface area (Å²) in [6.07, 6.45) is 0. The van der Waals surface area contributed by atoms with Crippen LogP contribution in [0.2, 0.25) is 0 Å². The van der Waals surface area contributed by atoms with Gasteiger partial charge >= 0.3 is 0 Å². The van der Waals surface area contributed by atoms with Gasteiger partial charge in [0.15, 0.2) is 0 Å². The van der Waals surface area contributed by atoms with E-state index in [0.29, 0.717) is 11.1 Å². The molecule has 1 fully saturated rings. The number of hydrogen-bond acceptors (Lipinski definition) is 7. The predicted molar refractivity (Wildman–Crippen MR) is 109 cm³/mol. The van der Waals surface area contributed by atoms with E-state index in [4.69, 9.17) is 5.14 Å². The molecule has 29 heavy (non-hydrogen) atoms. The molecular formula is C19H23N7O2S. The number of likely N-dealkylation sites (N-methyl/N-ethyl adjacent to an activating group) is 1. The normalized spacial score (nSPS) is 16.2. The Kier molecular flexibility index (Phi) is 5.41. The number of nitrogens with zero attached hydrogens (tertiary/aromatic N) is 5. The first kappa shape index (κ1) is 19.6. The zero-order valence-corrected chi connectivity index (χ0v) is 16.9. The van der Waals surface area contributed by atoms with Crippen LogP contribution in [-0.4, -0.2) is 72.1 Å². The van der Waals surface area contributed by atoms with E-state index >= 15 is 0 Å². The second-order valence-electron chi connectivity index (χ2n) is 7.24. The van der Waals surface area contributed by atoms with Crippen molar-refractivity contribution < 1.29 is 8.42 Å². The van der Waals surface area contributed by atoms with E-state index in [1.165, 1.54) is 11.6 Å². The molecule has 0 aliphatic carbocycles. The second-order valence-corrected chi connectivity index (χ2v) is 8.77. The molecule has 0 radical (unpaired) electrons. The van der Waals surface area contributed by atoms with Crippen LogP contribution >= 0.6 is 0 Å². The maximum atomic E-state index is 12.1. The molecule has 3 aromatic rings. The zero-order chi connectivity index (χ0) is 20.4. The quantitative estimate of drug-likeness (QED) is 0.638. The van der Waals surface area contributed by atoms with Gasteiger partial charge in [0.05, 0.1) is 10.5 Å². The average Bonchev–Trinajstić information content (AvgIpc) is 3.24. The fraction of sp³-hybridized carbons (Fsp3) is 0.316. The Morgan fingerprint density at radius 1 is 1.07 bits per heavy atom. The third-order valence-corrected chi connectivity index (χ3v) is 6.12. The Balaban J connectivity index is 1.67. The number of piperazine rings is 1. The van der Waals surface area contributed by atoms with Crippen LogP contribution in [0.25, 0.3) is 22.5 Å². The molecule has 0 bridgehead atoms. The summed E-state index contributed by atoms with van der Waals surface area (Å²) in [6, 6.07) is 13.0. The fourth-order valence-electron chi connectivity index (χ4n) is 3.56. The number of hydrogen-bond donors (Lipinski definition) is 2. The van der Waals surface area contributed by atoms with Gasteiger partial charge < -0.3 is 4.90 Å². The number of aromatic nitrogens is 4. The molecule has 1 saturated heterocycles. The van der Waals surface area contributed by atoms with Gasteiger partial charge in [0.2, 0.25) is 15.8 Å². The van der Waals surface area contributed by atoms with Gasteiger partial charge in [-0.05, 0) is 35.0 Å². The molecule has 0 atom stereocenters. The molecule has 0 saturated carbocycles. The fourth-order valence-corrected chi connectivity index (χ4v) is 4.32. The van der Waals surface area contributed by atoms with Crippen molar-refractivity contribution in [3.63, 3.8) is 0 Å². The molecule has 2 heterocycles. The lowest BCUT2D eigenvalue weighted by Crippen LogP contribution is -2.43. The highest BCUT2D eigenvalue weighted by Gasteiger charge is 2.22. The van der Waals surface area contributed by atoms with Crippen molar-refractivity contribution in [2.45, 2.75) is 11.4 Å². The Hall–Kier alpha value is -2.66. The molecule has 1 aliphatic rings. The lowest BCUT2D eigenvalue weighted by atomic mass is 9.98. The Bertz CT molecular complexity index is 1070. The van der Waals surface area contributed by atoms with Crippen LogP contribution in [0.5, 0.6) is 0 Å². The number of aromatic amines is 1. The molecule has 3 N–H and O–H groups in total. The topological polar surface area (TPSA) is 121 Å². The van der Waals surface area contributed by atoms with Crippen molar-refractivity contribution in [3.8, 4) is 22.5 Å². The highest BCUT2D eigenvalue weighted by molar-refractivity contribution is 7.89. The van der Waals surface area contributed by atoms with Crippen molar-refractivity contribution in [3.05, 3.63) is 48.0 Å². The van der Waals surface area contributed by atoms with E-state index in [1.807, 2.05) is 18.2 Å². The molecule has 4 rings (SSSR count). The number of rotatable bonds is 5. The standard InChI is InChI=1S/C19H23N7O2S/c1-25-9-11-26(12-10-25)13-14-5-7-15(8-6-14)16-3-2-4-17(29(20,27)28)18(16)19-21-23-24-22-19/h2-8H,9-13H2,1H3,(H2,20,27,28)(H,21,22,23,24). The highest BCUT2D eigenvalue weighted by Crippen LogP contribution is 2.34. The number of nitrogens with one attached hydrogen (secondary N) is 1. The van der Waals surface area contributed by atoms with E-state index in [9.17, 15) is 8.42 Å². The van der Waals surface area contributed by atoms with E-state index in [2.05, 4.69) is 49.6 Å². The lowest BCUT2D eigenvalue weighted by Gasteiger charge is -2.32. The van der Waals surface area contributed by atoms with Gasteiger partial charge in [0, 0.05) is 32.7 Å². The zero-order valence-electron chi connectivity index (χ0n) is 16.1. The van der Waals surface area contributed by atoms with Crippen LogP contribution < -0.4 is 5.14 Å². The summed E-state index contributed by atoms with van der Waals surface area (Å²) in [4.78, 5) is 4.73. The van der Waals surface area contributed by atoms with Crippen molar-refractivity contribution >= 4 is 10.0 Å². The van der Waals surface area contributed by atoms with Gasteiger partial charge in [-0.2, -0.15) is 5.21 Å². The predicted octanol–water partition coefficient (Wildman–Crippen LogP) is 0.928. The number of primary sulfonamides is 1. The van der Waals surface area contributed by atoms with Gasteiger partial charge in [-0.25, -0.2) is 13.6 Å². The largest absolute Gasteiger partial charge is 0.304 e. The summed E-state index contributed by atoms with van der Waals surface area (Å²) < 4.78 is 24.2. The van der Waals surface area contributed by atoms with Crippen molar-refractivity contribution in [1.29, 1.82) is 0 Å². The van der Waals surface area contributed by atoms with Crippen LogP contribution in [0.3, 0.4) is 0 Å². The molecule has 152 valence electrons. The SMILES string of the molecule is CN1CCN(Cc2ccc(-c3cccc(S(N)(=O)=O)c3-c3nn[nH]n3)cc2)CC1. The number of H-pyrrole nitrogens is 1. The lowest BCUT2D eigenvalue weighted by molar-refractivity contribution is 0.148. The molecule has 10 heteroatoms. The van der Waals surface area contributed by atoms with Crippen molar-refractivity contribution in [2.75, 3.05) is 33.2 Å². The smallest absolute Gasteiger partial charge is 0.238 e. The minimum absolute atomic E-state index is 0.0297. The van der Waals surface area contributed by atoms with Gasteiger partial charge in [-0.15, -0.1) is 10.2 Å². The van der Waals surface area contributed by atoms with Crippen LogP contribution in [0.1, 0.15) is 5.56 Å². The molecule has 0 amide bonds. The number of benzene rings is 2. The molecule has 1 aliphatic heterocycles. The first-order valence-electron chi connectivity index (χ1n) is 9.31. The maximum Gasteiger partial charge on any atom is 0.238 e. The van der Waals surface area contributed by atoms with E-state index < -0.39 is 10.0 Å². The van der Waals surface area contributed by atoms with Gasteiger partial charge in [-0.1, -0.05) is 36.4 Å². The average molecular weight is 414 g/mol. The maximum absolute atomic E-state index is 12.1. The van der Waals surface area contributed by atoms with Crippen LogP contribution in [0.15, 0.2) is 47.4 Å². The molecule has 1 aromatic heterocycles. The van der Waals surface area contributed by atoms with E-state index in [-0.39, 0.29) is 10.7 Å². The summed E-state index contributed by atoms with van der Waals surface area (Å²) in [5.41, 5.74) is 3.10. The highest BCUT2D eigenvalue weighted by atomic mass is 32.2. The summed E-state index contributed by atoms with van der Waals surface area (Å²) >= 11 is 0. The van der Waals surface area contributed by atoms with Crippen LogP contribution in [-0.2, 0) is 16.6 Å². The summed E-state index contributed by atoms with van der Waals surface area (Å²) in [6.45, 7) is 5.15. The number of nitrogens with two attached hydrogens (primary N) is 1. The minimum atomic E-state index is -3.95. The Labute approximate surface area is 169 Å². The molecule has 2 aromatic carbocycles. The second kappa shape index (κ2) is 7.99. The number of sulfonamides is 1. The molecule has 9 nitrogen and oxygen atoms in total. The first-order chi connectivity index (χ1) is 13.9. The third-order valence-electron chi connectivity index (χ3n) is 5.17. The van der Waals surface area contributed by atoms with Gasteiger partial charge in [0.25, 0.3) is 0 Å². The van der Waals surface area contributed by atoms with Crippen molar-refractivity contribution in [2.24, 2.45) is 5.14 Å². The monoisotopic (exact) mass is 413 g/mol. The van der Waals surface area contributed by atoms with Crippen LogP contribution in [0.4, 0.5) is 0 Å². The molecule has 0 unspecified atom stereocenters. The minimum Gasteiger partial charge on any atom is -0.304 e. The molecular weight excluding hydrogens is 390 g/mol. The third kappa shape index (κ3) is 4.35. The van der Waals surface area contributed by atoms with E-state index in [1.54, 1.807) is 6.07 Å². The Morgan fingerprint density at radius 3 is 2.41 bits per heavy atom. The Morgan fingerprint density at radius 2 is 1.79 bits per heavy atom. The van der Waals surface area contributed by atoms with E-state index in [0.717, 1.165) is 38.3 Å². The van der Waals surface area contributed by atoms with Gasteiger partial charge in [-0.3, -0.25) is 4.90 Å². The van der Waals surface area contributed by atoms with Gasteiger partial charge in [0.1, 0.15) is 0 Å². The summed E-state index contributed by atoms with van der Waals surface area (Å²) in [5, 5.41) is 19.3. The molecule has 0 spiro atoms. The van der Waals surface area contributed by atoms with Crippen molar-refractivity contribution in [1.82, 2.24) is 30.4 Å².